The predicted molar refractivity (Wildman–Crippen MR) is 327 cm³/mol. The number of benzene rings is 3. The van der Waals surface area contributed by atoms with Crippen LogP contribution in [0, 0.1) is 17.8 Å². The van der Waals surface area contributed by atoms with Gasteiger partial charge in [0.2, 0.25) is 35.4 Å². The van der Waals surface area contributed by atoms with Crippen molar-refractivity contribution in [3.63, 3.8) is 0 Å². The Kier molecular flexibility index (Phi) is 21.0. The van der Waals surface area contributed by atoms with Crippen LogP contribution < -0.4 is 21.3 Å². The molecule has 3 aliphatic rings. The smallest absolute Gasteiger partial charge is 0.391 e. The number of β-amino-alcohol motifs (C(OH)–C–C–N with tert-alkyl or cyclic N) is 1. The minimum Gasteiger partial charge on any atom is -0.391 e. The fourth-order valence-corrected chi connectivity index (χ4v) is 13.7. The number of nitrogens with zero attached hydrogens (tertiary/aromatic N) is 4. The number of rotatable bonds is 21. The molecule has 3 aromatic carbocycles. The van der Waals surface area contributed by atoms with Crippen LogP contribution in [0.5, 0.6) is 0 Å². The number of piperidine rings is 1. The summed E-state index contributed by atoms with van der Waals surface area (Å²) in [5, 5.41) is 22.4. The number of halogens is 2. The minimum atomic E-state index is -5.87. The number of aliphatic hydroxyl groups is 1. The van der Waals surface area contributed by atoms with E-state index in [9.17, 15) is 61.8 Å². The standard InChI is InChI=1S/C62H79F2N8O12PS2/c1-36(38-19-21-40(22-20-38)52-37(2)66-35-86-52)67-55(76)46-29-44(73)32-71(46)58(79)53(60(3,4)5)68-50(74)18-12-13-25-65-51(75)34-84-45-30-47(57(78)70-26-14-17-41(31-70)39-15-10-9-11-16-39)72(33-45)59(80)54(61(6,7)8)69-56(77)49-28-42-27-43(23-24-48(42)87-49)62(63,64)85(81,82)83/h9-11,15-16,19-24,27-28,35-36,41,44-47,53-54,73H,12-14,17-18,25-26,29-34H2,1-8H3,(H,65,75)(H,67,76)(H,68,74)(H,69,77)(H2,81,82,83)/t36-,41?,44+,45-,46-,47-,53?,54?/m0/s1. The summed E-state index contributed by atoms with van der Waals surface area (Å²) in [6.45, 7) is 14.9. The van der Waals surface area contributed by atoms with Crippen molar-refractivity contribution in [2.75, 3.05) is 39.3 Å². The zero-order valence-electron chi connectivity index (χ0n) is 50.2. The Hall–Kier alpha value is -6.53. The average molecular weight is 1260 g/mol. The molecule has 8 atom stereocenters. The highest BCUT2D eigenvalue weighted by atomic mass is 32.1. The van der Waals surface area contributed by atoms with E-state index >= 15 is 0 Å². The SMILES string of the molecule is Cc1ncsc1-c1ccc([C@H](C)NC(=O)[C@@H]2C[C@@H](O)CN2C(=O)C(NC(=O)CCCCNC(=O)CO[C@H]2C[C@@H](C(=O)N3CCCC(c4ccccc4)C3)N(C(=O)C(NC(=O)c3cc4cc(C(F)(F)P(=O)(O)O)ccc4s3)C(C)(C)C)C2)C(C)(C)C)cc1. The molecule has 8 rings (SSSR count). The van der Waals surface area contributed by atoms with Crippen LogP contribution in [0.1, 0.15) is 137 Å². The zero-order chi connectivity index (χ0) is 63.3. The number of hydrogen-bond acceptors (Lipinski definition) is 13. The maximum atomic E-state index is 14.9. The number of hydrogen-bond donors (Lipinski definition) is 7. The van der Waals surface area contributed by atoms with Gasteiger partial charge in [-0.3, -0.25) is 38.1 Å². The van der Waals surface area contributed by atoms with Gasteiger partial charge in [0, 0.05) is 68.2 Å². The number of aryl methyl sites for hydroxylation is 1. The Morgan fingerprint density at radius 3 is 2.11 bits per heavy atom. The van der Waals surface area contributed by atoms with Gasteiger partial charge >= 0.3 is 13.3 Å². The molecule has 3 unspecified atom stereocenters. The third-order valence-corrected chi connectivity index (χ3v) is 19.4. The number of thiazole rings is 1. The molecule has 3 fully saturated rings. The van der Waals surface area contributed by atoms with Gasteiger partial charge in [0.15, 0.2) is 0 Å². The van der Waals surface area contributed by atoms with Crippen LogP contribution in [0.4, 0.5) is 8.78 Å². The van der Waals surface area contributed by atoms with Crippen molar-refractivity contribution in [3.05, 3.63) is 112 Å². The fourth-order valence-electron chi connectivity index (χ4n) is 11.4. The Bertz CT molecular complexity index is 3370. The molecule has 25 heteroatoms. The number of unbranched alkanes of at least 4 members (excludes halogenated alkanes) is 1. The van der Waals surface area contributed by atoms with Crippen LogP contribution in [0.3, 0.4) is 0 Å². The highest BCUT2D eigenvalue weighted by Gasteiger charge is 2.51. The number of aliphatic hydroxyl groups excluding tert-OH is 1. The Morgan fingerprint density at radius 1 is 0.805 bits per heavy atom. The average Bonchev–Trinajstić information content (AvgIpc) is 1.94. The summed E-state index contributed by atoms with van der Waals surface area (Å²) in [6.07, 6.45) is 0.700. The van der Waals surface area contributed by atoms with Crippen LogP contribution in [0.25, 0.3) is 20.5 Å². The number of aromatic nitrogens is 1. The lowest BCUT2D eigenvalue weighted by Gasteiger charge is -2.38. The fraction of sp³-hybridized carbons (Fsp3) is 0.516. The molecule has 0 spiro atoms. The molecule has 3 aliphatic heterocycles. The van der Waals surface area contributed by atoms with Crippen LogP contribution in [0.15, 0.2) is 84.4 Å². The summed E-state index contributed by atoms with van der Waals surface area (Å²) >= 11 is 2.48. The van der Waals surface area contributed by atoms with Crippen molar-refractivity contribution in [2.45, 2.75) is 154 Å². The lowest BCUT2D eigenvalue weighted by Crippen LogP contribution is -2.58. The molecule has 0 radical (unpaired) electrons. The Balaban J connectivity index is 0.852. The van der Waals surface area contributed by atoms with Gasteiger partial charge in [0.1, 0.15) is 30.8 Å². The molecule has 5 aromatic rings. The molecule has 87 heavy (non-hydrogen) atoms. The van der Waals surface area contributed by atoms with Gasteiger partial charge in [-0.1, -0.05) is 102 Å². The summed E-state index contributed by atoms with van der Waals surface area (Å²) in [7, 11) is -5.87. The topological polar surface area (TPSA) is 277 Å². The minimum absolute atomic E-state index is 0.0202. The van der Waals surface area contributed by atoms with Crippen molar-refractivity contribution in [1.29, 1.82) is 0 Å². The van der Waals surface area contributed by atoms with Gasteiger partial charge in [-0.15, -0.1) is 22.7 Å². The Morgan fingerprint density at radius 2 is 1.47 bits per heavy atom. The predicted octanol–water partition coefficient (Wildman–Crippen LogP) is 7.75. The first-order valence-electron chi connectivity index (χ1n) is 29.3. The normalized spacial score (nSPS) is 20.4. The number of carbonyl (C=O) groups excluding carboxylic acids is 7. The molecule has 0 saturated carbocycles. The number of amides is 7. The number of likely N-dealkylation sites (tertiary alicyclic amines) is 3. The summed E-state index contributed by atoms with van der Waals surface area (Å²) in [6, 6.07) is 17.3. The molecule has 5 heterocycles. The van der Waals surface area contributed by atoms with Gasteiger partial charge in [-0.2, -0.15) is 8.78 Å². The van der Waals surface area contributed by atoms with Crippen LogP contribution in [-0.2, 0) is 43.7 Å². The monoisotopic (exact) mass is 1260 g/mol. The van der Waals surface area contributed by atoms with Gasteiger partial charge < -0.3 is 55.6 Å². The maximum absolute atomic E-state index is 14.9. The summed E-state index contributed by atoms with van der Waals surface area (Å²) in [4.78, 5) is 127. The van der Waals surface area contributed by atoms with E-state index in [1.54, 1.807) is 63.3 Å². The van der Waals surface area contributed by atoms with E-state index in [-0.39, 0.29) is 61.0 Å². The maximum Gasteiger partial charge on any atom is 0.399 e. The molecule has 2 aromatic heterocycles. The second-order valence-corrected chi connectivity index (χ2v) is 28.7. The van der Waals surface area contributed by atoms with Crippen LogP contribution in [-0.4, -0.2) is 152 Å². The molecule has 7 amide bonds. The van der Waals surface area contributed by atoms with E-state index in [1.807, 2.05) is 68.4 Å². The van der Waals surface area contributed by atoms with E-state index in [0.717, 1.165) is 63.6 Å². The van der Waals surface area contributed by atoms with Gasteiger partial charge in [-0.05, 0) is 90.6 Å². The van der Waals surface area contributed by atoms with Crippen molar-refractivity contribution in [1.82, 2.24) is 41.0 Å². The van der Waals surface area contributed by atoms with Gasteiger partial charge in [0.25, 0.3) is 5.91 Å². The van der Waals surface area contributed by atoms with Crippen molar-refractivity contribution in [3.8, 4) is 10.4 Å². The number of nitrogens with one attached hydrogen (secondary N) is 4. The summed E-state index contributed by atoms with van der Waals surface area (Å²) in [5.41, 5.74) is -1.44. The van der Waals surface area contributed by atoms with E-state index in [1.165, 1.54) is 21.9 Å². The van der Waals surface area contributed by atoms with E-state index < -0.39 is 114 Å². The first-order valence-corrected chi connectivity index (χ1v) is 32.6. The highest BCUT2D eigenvalue weighted by Crippen LogP contribution is 2.59. The molecule has 0 bridgehead atoms. The number of carbonyl (C=O) groups is 7. The lowest BCUT2D eigenvalue weighted by molar-refractivity contribution is -0.147. The molecule has 20 nitrogen and oxygen atoms in total. The van der Waals surface area contributed by atoms with Gasteiger partial charge in [0.05, 0.1) is 39.2 Å². The first-order chi connectivity index (χ1) is 40.9. The molecule has 470 valence electrons. The second-order valence-electron chi connectivity index (χ2n) is 25.1. The number of fused-ring (bicyclic) bond motifs is 1. The summed E-state index contributed by atoms with van der Waals surface area (Å²) < 4.78 is 47.4. The third-order valence-electron chi connectivity index (χ3n) is 16.3. The zero-order valence-corrected chi connectivity index (χ0v) is 52.7. The van der Waals surface area contributed by atoms with E-state index in [0.29, 0.717) is 30.6 Å². The van der Waals surface area contributed by atoms with Crippen molar-refractivity contribution in [2.24, 2.45) is 10.8 Å². The van der Waals surface area contributed by atoms with Crippen LogP contribution >= 0.6 is 30.3 Å². The van der Waals surface area contributed by atoms with Crippen LogP contribution in [0.2, 0.25) is 0 Å². The molecular formula is C62H79F2N8O12PS2. The Labute approximate surface area is 513 Å². The van der Waals surface area contributed by atoms with E-state index in [2.05, 4.69) is 26.3 Å². The van der Waals surface area contributed by atoms with Crippen molar-refractivity contribution < 1.29 is 66.5 Å². The highest BCUT2D eigenvalue weighted by molar-refractivity contribution is 7.52. The lowest BCUT2D eigenvalue weighted by atomic mass is 9.85. The largest absolute Gasteiger partial charge is 0.399 e. The first kappa shape index (κ1) is 66.4. The summed E-state index contributed by atoms with van der Waals surface area (Å²) in [5.74, 6) is -3.34. The second kappa shape index (κ2) is 27.5. The van der Waals surface area contributed by atoms with E-state index in [4.69, 9.17) is 4.74 Å². The van der Waals surface area contributed by atoms with Crippen molar-refractivity contribution >= 4 is 81.7 Å². The molecule has 0 aliphatic carbocycles. The van der Waals surface area contributed by atoms with Gasteiger partial charge in [-0.25, -0.2) is 4.98 Å². The quantitative estimate of drug-likeness (QED) is 0.0274. The number of thiophene rings is 1. The molecular weight excluding hydrogens is 1180 g/mol. The number of ether oxygens (including phenoxy) is 1. The third kappa shape index (κ3) is 16.0. The number of alkyl halides is 2. The molecule has 3 saturated heterocycles. The molecule has 7 N–H and O–H groups in total.